The molecule has 0 spiro atoms. The predicted molar refractivity (Wildman–Crippen MR) is 229 cm³/mol. The van der Waals surface area contributed by atoms with Crippen molar-refractivity contribution in [1.82, 2.24) is 0 Å². The fourth-order valence-corrected chi connectivity index (χ4v) is 7.23. The standard InChI is InChI=1S/C48H84N2O/c1-3-5-7-9-11-13-15-17-19-21-23-25-27-29-31-33-43-49-45-35-39-47(40-36-45)51-48-41-37-46(38-42-48)50-44-34-32-30-28-26-24-22-20-18-16-14-12-10-8-6-4-2/h35-42,49-50H,3-34,43-44H2,1-2H3. The molecule has 2 aromatic carbocycles. The van der Waals surface area contributed by atoms with Crippen molar-refractivity contribution in [3.05, 3.63) is 48.5 Å². The lowest BCUT2D eigenvalue weighted by Gasteiger charge is -2.10. The normalized spacial score (nSPS) is 11.3. The van der Waals surface area contributed by atoms with E-state index in [2.05, 4.69) is 73.0 Å². The molecule has 3 nitrogen and oxygen atoms in total. The summed E-state index contributed by atoms with van der Waals surface area (Å²) in [5, 5.41) is 7.17. The third-order valence-electron chi connectivity index (χ3n) is 10.7. The van der Waals surface area contributed by atoms with Gasteiger partial charge in [0.1, 0.15) is 11.5 Å². The lowest BCUT2D eigenvalue weighted by atomic mass is 10.0. The van der Waals surface area contributed by atoms with E-state index in [0.717, 1.165) is 24.6 Å². The van der Waals surface area contributed by atoms with Gasteiger partial charge in [-0.3, -0.25) is 0 Å². The Bertz CT molecular complexity index is 892. The number of anilines is 2. The molecular formula is C48H84N2O. The van der Waals surface area contributed by atoms with Crippen molar-refractivity contribution >= 4 is 11.4 Å². The molecular weight excluding hydrogens is 621 g/mol. The highest BCUT2D eigenvalue weighted by Gasteiger charge is 2.01. The van der Waals surface area contributed by atoms with Gasteiger partial charge < -0.3 is 15.4 Å². The minimum absolute atomic E-state index is 0.886. The first-order chi connectivity index (χ1) is 25.3. The molecule has 0 unspecified atom stereocenters. The minimum Gasteiger partial charge on any atom is -0.457 e. The van der Waals surface area contributed by atoms with E-state index in [9.17, 15) is 0 Å². The summed E-state index contributed by atoms with van der Waals surface area (Å²) in [5.74, 6) is 1.77. The lowest BCUT2D eigenvalue weighted by Crippen LogP contribution is -2.01. The quantitative estimate of drug-likeness (QED) is 0.0683. The van der Waals surface area contributed by atoms with E-state index >= 15 is 0 Å². The van der Waals surface area contributed by atoms with Gasteiger partial charge in [0.2, 0.25) is 0 Å². The van der Waals surface area contributed by atoms with Crippen LogP contribution >= 0.6 is 0 Å². The molecule has 2 aromatic rings. The van der Waals surface area contributed by atoms with Gasteiger partial charge in [-0.1, -0.05) is 206 Å². The van der Waals surface area contributed by atoms with Crippen molar-refractivity contribution < 1.29 is 4.74 Å². The third kappa shape index (κ3) is 28.1. The van der Waals surface area contributed by atoms with Crippen molar-refractivity contribution in [3.63, 3.8) is 0 Å². The molecule has 0 saturated carbocycles. The maximum Gasteiger partial charge on any atom is 0.127 e. The number of hydrogen-bond donors (Lipinski definition) is 2. The summed E-state index contributed by atoms with van der Waals surface area (Å²) in [7, 11) is 0. The summed E-state index contributed by atoms with van der Waals surface area (Å²) in [6.07, 6.45) is 45.2. The first kappa shape index (κ1) is 45.0. The maximum atomic E-state index is 6.11. The number of benzene rings is 2. The molecule has 0 atom stereocenters. The Morgan fingerprint density at radius 3 is 0.745 bits per heavy atom. The van der Waals surface area contributed by atoms with E-state index in [1.165, 1.54) is 217 Å². The highest BCUT2D eigenvalue weighted by atomic mass is 16.5. The molecule has 0 aliphatic carbocycles. The summed E-state index contributed by atoms with van der Waals surface area (Å²) in [6, 6.07) is 16.8. The number of rotatable bonds is 38. The van der Waals surface area contributed by atoms with Gasteiger partial charge in [0, 0.05) is 24.5 Å². The molecule has 0 heterocycles. The van der Waals surface area contributed by atoms with E-state index in [1.54, 1.807) is 0 Å². The number of hydrogen-bond acceptors (Lipinski definition) is 3. The molecule has 2 rings (SSSR count). The maximum absolute atomic E-state index is 6.11. The average Bonchev–Trinajstić information content (AvgIpc) is 3.15. The molecule has 292 valence electrons. The van der Waals surface area contributed by atoms with Gasteiger partial charge in [-0.05, 0) is 61.4 Å². The Hall–Kier alpha value is -2.16. The van der Waals surface area contributed by atoms with Gasteiger partial charge in [-0.25, -0.2) is 0 Å². The topological polar surface area (TPSA) is 33.3 Å². The molecule has 0 saturated heterocycles. The molecule has 0 aliphatic rings. The Morgan fingerprint density at radius 2 is 0.510 bits per heavy atom. The van der Waals surface area contributed by atoms with Crippen LogP contribution < -0.4 is 15.4 Å². The molecule has 0 aromatic heterocycles. The second-order valence-corrected chi connectivity index (χ2v) is 15.6. The number of ether oxygens (including phenoxy) is 1. The highest BCUT2D eigenvalue weighted by molar-refractivity contribution is 5.49. The van der Waals surface area contributed by atoms with Gasteiger partial charge in [-0.15, -0.1) is 0 Å². The van der Waals surface area contributed by atoms with Crippen LogP contribution in [0.15, 0.2) is 48.5 Å². The molecule has 2 N–H and O–H groups in total. The average molecular weight is 705 g/mol. The van der Waals surface area contributed by atoms with Gasteiger partial charge in [0.25, 0.3) is 0 Å². The lowest BCUT2D eigenvalue weighted by molar-refractivity contribution is 0.483. The van der Waals surface area contributed by atoms with E-state index in [-0.39, 0.29) is 0 Å². The van der Waals surface area contributed by atoms with Gasteiger partial charge in [0.15, 0.2) is 0 Å². The SMILES string of the molecule is CCCCCCCCCCCCCCCCCCNc1ccc(Oc2ccc(NCCCCCCCCCCCCCCCCCC)cc2)cc1. The largest absolute Gasteiger partial charge is 0.457 e. The first-order valence-corrected chi connectivity index (χ1v) is 22.7. The van der Waals surface area contributed by atoms with E-state index in [1.807, 2.05) is 0 Å². The fourth-order valence-electron chi connectivity index (χ4n) is 7.23. The van der Waals surface area contributed by atoms with Crippen molar-refractivity contribution in [1.29, 1.82) is 0 Å². The van der Waals surface area contributed by atoms with Crippen LogP contribution in [0.4, 0.5) is 11.4 Å². The Morgan fingerprint density at radius 1 is 0.294 bits per heavy atom. The number of nitrogens with one attached hydrogen (secondary N) is 2. The monoisotopic (exact) mass is 705 g/mol. The van der Waals surface area contributed by atoms with Crippen LogP contribution in [0.5, 0.6) is 11.5 Å². The Balaban J connectivity index is 1.36. The van der Waals surface area contributed by atoms with Crippen LogP contribution in [0.3, 0.4) is 0 Å². The van der Waals surface area contributed by atoms with Crippen LogP contribution in [0, 0.1) is 0 Å². The highest BCUT2D eigenvalue weighted by Crippen LogP contribution is 2.25. The Kier molecular flexibility index (Phi) is 30.8. The molecule has 0 fully saturated rings. The third-order valence-corrected chi connectivity index (χ3v) is 10.7. The van der Waals surface area contributed by atoms with Crippen molar-refractivity contribution in [2.24, 2.45) is 0 Å². The van der Waals surface area contributed by atoms with E-state index < -0.39 is 0 Å². The minimum atomic E-state index is 0.886. The molecule has 51 heavy (non-hydrogen) atoms. The fraction of sp³-hybridized carbons (Fsp3) is 0.750. The van der Waals surface area contributed by atoms with Gasteiger partial charge >= 0.3 is 0 Å². The second kappa shape index (κ2) is 34.9. The molecule has 0 aliphatic heterocycles. The van der Waals surface area contributed by atoms with Crippen molar-refractivity contribution in [3.8, 4) is 11.5 Å². The summed E-state index contributed by atoms with van der Waals surface area (Å²) in [4.78, 5) is 0. The first-order valence-electron chi connectivity index (χ1n) is 22.7. The van der Waals surface area contributed by atoms with E-state index in [0.29, 0.717) is 0 Å². The van der Waals surface area contributed by atoms with E-state index in [4.69, 9.17) is 4.74 Å². The van der Waals surface area contributed by atoms with Gasteiger partial charge in [0.05, 0.1) is 0 Å². The zero-order valence-corrected chi connectivity index (χ0v) is 34.1. The zero-order chi connectivity index (χ0) is 36.1. The van der Waals surface area contributed by atoms with Crippen LogP contribution in [0.25, 0.3) is 0 Å². The zero-order valence-electron chi connectivity index (χ0n) is 34.1. The second-order valence-electron chi connectivity index (χ2n) is 15.6. The molecule has 3 heteroatoms. The van der Waals surface area contributed by atoms with Gasteiger partial charge in [-0.2, -0.15) is 0 Å². The smallest absolute Gasteiger partial charge is 0.127 e. The summed E-state index contributed by atoms with van der Waals surface area (Å²) in [5.41, 5.74) is 2.36. The van der Waals surface area contributed by atoms with Crippen LogP contribution in [-0.4, -0.2) is 13.1 Å². The molecule has 0 radical (unpaired) electrons. The Labute approximate surface area is 318 Å². The molecule has 0 amide bonds. The van der Waals surface area contributed by atoms with Crippen LogP contribution in [-0.2, 0) is 0 Å². The molecule has 0 bridgehead atoms. The predicted octanol–water partition coefficient (Wildman–Crippen LogP) is 16.8. The van der Waals surface area contributed by atoms with Crippen LogP contribution in [0.1, 0.15) is 219 Å². The summed E-state index contributed by atoms with van der Waals surface area (Å²) >= 11 is 0. The summed E-state index contributed by atoms with van der Waals surface area (Å²) in [6.45, 7) is 6.70. The van der Waals surface area contributed by atoms with Crippen molar-refractivity contribution in [2.45, 2.75) is 219 Å². The van der Waals surface area contributed by atoms with Crippen LogP contribution in [0.2, 0.25) is 0 Å². The number of unbranched alkanes of at least 4 members (excludes halogenated alkanes) is 30. The summed E-state index contributed by atoms with van der Waals surface area (Å²) < 4.78 is 6.11. The van der Waals surface area contributed by atoms with Crippen molar-refractivity contribution in [2.75, 3.05) is 23.7 Å².